The van der Waals surface area contributed by atoms with Crippen molar-refractivity contribution in [3.05, 3.63) is 24.3 Å². The number of alkyl carbamates (subject to hydrolysis) is 1. The van der Waals surface area contributed by atoms with E-state index >= 15 is 0 Å². The lowest BCUT2D eigenvalue weighted by atomic mass is 10.0. The van der Waals surface area contributed by atoms with Crippen molar-refractivity contribution in [2.75, 3.05) is 39.5 Å². The van der Waals surface area contributed by atoms with Gasteiger partial charge in [-0.1, -0.05) is 20.1 Å². The number of hydrogen-bond acceptors (Lipinski definition) is 10. The van der Waals surface area contributed by atoms with E-state index in [4.69, 9.17) is 28.7 Å². The average Bonchev–Trinajstić information content (AvgIpc) is 2.79. The largest absolute Gasteiger partial charge is 0.469 e. The summed E-state index contributed by atoms with van der Waals surface area (Å²) in [5, 5.41) is 4.84. The summed E-state index contributed by atoms with van der Waals surface area (Å²) < 4.78 is 35.9. The summed E-state index contributed by atoms with van der Waals surface area (Å²) in [6.07, 6.45) is -2.14. The number of phosphoric ester groups is 1. The highest BCUT2D eigenvalue weighted by atomic mass is 31.2. The Morgan fingerprint density at radius 2 is 1.44 bits per heavy atom. The molecule has 4 N–H and O–H groups in total. The fraction of sp³-hybridized carbons (Fsp3) is 0.619. The quantitative estimate of drug-likeness (QED) is 0.0667. The molecule has 206 valence electrons. The highest BCUT2D eigenvalue weighted by Gasteiger charge is 2.34. The van der Waals surface area contributed by atoms with Gasteiger partial charge in [-0.2, -0.15) is 0 Å². The van der Waals surface area contributed by atoms with Crippen LogP contribution in [-0.2, 0) is 42.4 Å². The standard InChI is InChI=1S/C21H35N2O12P/c1-7-21(6,19(26)22-8-10-31-17(24)14(2)3)33-12-16(13-34-36(28,29)30)35-20(27)23-9-11-32-18(25)15(4)5/h16H,2,4,7-13H2,1,3,5-6H3,(H,22,26)(H,23,27)(H2,28,29,30). The van der Waals surface area contributed by atoms with E-state index in [1.165, 1.54) is 20.8 Å². The first-order valence-electron chi connectivity index (χ1n) is 10.8. The van der Waals surface area contributed by atoms with Gasteiger partial charge in [0.1, 0.15) is 18.8 Å². The van der Waals surface area contributed by atoms with E-state index in [2.05, 4.69) is 28.3 Å². The zero-order valence-electron chi connectivity index (χ0n) is 20.9. The number of amides is 2. The minimum atomic E-state index is -4.89. The van der Waals surface area contributed by atoms with Crippen molar-refractivity contribution in [1.29, 1.82) is 0 Å². The highest BCUT2D eigenvalue weighted by Crippen LogP contribution is 2.36. The molecule has 2 unspecified atom stereocenters. The Kier molecular flexibility index (Phi) is 14.8. The van der Waals surface area contributed by atoms with Gasteiger partial charge in [-0.05, 0) is 27.2 Å². The third kappa shape index (κ3) is 14.6. The Balaban J connectivity index is 4.90. The number of hydrogen-bond donors (Lipinski definition) is 4. The van der Waals surface area contributed by atoms with Crippen LogP contribution in [0.3, 0.4) is 0 Å². The number of carbonyl (C=O) groups is 4. The van der Waals surface area contributed by atoms with Crippen LogP contribution < -0.4 is 10.6 Å². The van der Waals surface area contributed by atoms with Crippen LogP contribution in [-0.4, -0.2) is 84.9 Å². The second kappa shape index (κ2) is 16.1. The summed E-state index contributed by atoms with van der Waals surface area (Å²) in [7, 11) is -4.89. The predicted molar refractivity (Wildman–Crippen MR) is 125 cm³/mol. The van der Waals surface area contributed by atoms with Crippen molar-refractivity contribution in [2.45, 2.75) is 45.8 Å². The van der Waals surface area contributed by atoms with Crippen LogP contribution in [0.15, 0.2) is 24.3 Å². The molecule has 0 aliphatic heterocycles. The van der Waals surface area contributed by atoms with Crippen molar-refractivity contribution in [3.8, 4) is 0 Å². The summed E-state index contributed by atoms with van der Waals surface area (Å²) in [6.45, 7) is 11.3. The Morgan fingerprint density at radius 3 is 1.89 bits per heavy atom. The Hall–Kier alpha value is -2.77. The number of rotatable bonds is 17. The molecule has 0 aromatic rings. The van der Waals surface area contributed by atoms with Gasteiger partial charge in [0, 0.05) is 11.1 Å². The third-order valence-corrected chi connectivity index (χ3v) is 4.85. The molecule has 0 saturated heterocycles. The predicted octanol–water partition coefficient (Wildman–Crippen LogP) is 0.731. The molecule has 36 heavy (non-hydrogen) atoms. The van der Waals surface area contributed by atoms with Crippen LogP contribution in [0.1, 0.15) is 34.1 Å². The number of phosphoric acid groups is 1. The van der Waals surface area contributed by atoms with Crippen LogP contribution in [0, 0.1) is 0 Å². The smallest absolute Gasteiger partial charge is 0.460 e. The summed E-state index contributed by atoms with van der Waals surface area (Å²) in [5.41, 5.74) is -1.03. The molecule has 0 rings (SSSR count). The minimum Gasteiger partial charge on any atom is -0.460 e. The fourth-order valence-electron chi connectivity index (χ4n) is 2.13. The SMILES string of the molecule is C=C(C)C(=O)OCCNC(=O)OC(COC(C)(CC)C(=O)NCCOC(=O)C(=C)C)COP(=O)(O)O. The maximum absolute atomic E-state index is 12.6. The van der Waals surface area contributed by atoms with E-state index in [1.807, 2.05) is 0 Å². The molecule has 0 bridgehead atoms. The van der Waals surface area contributed by atoms with Crippen molar-refractivity contribution in [3.63, 3.8) is 0 Å². The number of nitrogens with one attached hydrogen (secondary N) is 2. The Morgan fingerprint density at radius 1 is 0.944 bits per heavy atom. The van der Waals surface area contributed by atoms with Crippen molar-refractivity contribution >= 4 is 31.8 Å². The van der Waals surface area contributed by atoms with Crippen LogP contribution in [0.25, 0.3) is 0 Å². The van der Waals surface area contributed by atoms with E-state index in [-0.39, 0.29) is 43.9 Å². The molecule has 0 fully saturated rings. The second-order valence-corrected chi connectivity index (χ2v) is 8.96. The maximum Gasteiger partial charge on any atom is 0.469 e. The summed E-state index contributed by atoms with van der Waals surface area (Å²) in [6, 6.07) is 0. The molecule has 0 heterocycles. The molecule has 0 aromatic heterocycles. The molecule has 2 amide bonds. The maximum atomic E-state index is 12.6. The van der Waals surface area contributed by atoms with Crippen molar-refractivity contribution in [1.82, 2.24) is 10.6 Å². The van der Waals surface area contributed by atoms with Crippen LogP contribution in [0.4, 0.5) is 4.79 Å². The molecule has 0 radical (unpaired) electrons. The summed E-state index contributed by atoms with van der Waals surface area (Å²) >= 11 is 0. The summed E-state index contributed by atoms with van der Waals surface area (Å²) in [5.74, 6) is -1.80. The molecule has 14 nitrogen and oxygen atoms in total. The fourth-order valence-corrected chi connectivity index (χ4v) is 2.49. The van der Waals surface area contributed by atoms with E-state index < -0.39 is 56.7 Å². The number of ether oxygens (including phenoxy) is 4. The third-order valence-electron chi connectivity index (χ3n) is 4.37. The zero-order chi connectivity index (χ0) is 27.9. The first-order valence-corrected chi connectivity index (χ1v) is 12.4. The molecule has 2 atom stereocenters. The molecular weight excluding hydrogens is 503 g/mol. The van der Waals surface area contributed by atoms with Gasteiger partial charge in [0.2, 0.25) is 0 Å². The Labute approximate surface area is 209 Å². The van der Waals surface area contributed by atoms with Gasteiger partial charge in [0.15, 0.2) is 6.10 Å². The topological polar surface area (TPSA) is 196 Å². The van der Waals surface area contributed by atoms with E-state index in [1.54, 1.807) is 6.92 Å². The number of esters is 2. The van der Waals surface area contributed by atoms with Gasteiger partial charge in [-0.3, -0.25) is 9.32 Å². The van der Waals surface area contributed by atoms with Gasteiger partial charge in [0.05, 0.1) is 26.3 Å². The molecule has 15 heteroatoms. The Bertz CT molecular complexity index is 856. The molecule has 0 aromatic carbocycles. The van der Waals surface area contributed by atoms with Gasteiger partial charge < -0.3 is 39.4 Å². The second-order valence-electron chi connectivity index (χ2n) is 7.72. The van der Waals surface area contributed by atoms with Gasteiger partial charge in [-0.15, -0.1) is 0 Å². The van der Waals surface area contributed by atoms with Gasteiger partial charge in [0.25, 0.3) is 5.91 Å². The van der Waals surface area contributed by atoms with E-state index in [0.29, 0.717) is 0 Å². The van der Waals surface area contributed by atoms with E-state index in [0.717, 1.165) is 0 Å². The summed E-state index contributed by atoms with van der Waals surface area (Å²) in [4.78, 5) is 65.2. The average molecular weight is 538 g/mol. The molecule has 0 spiro atoms. The highest BCUT2D eigenvalue weighted by molar-refractivity contribution is 7.46. The normalized spacial score (nSPS) is 13.5. The van der Waals surface area contributed by atoms with Crippen molar-refractivity contribution < 1.29 is 57.0 Å². The van der Waals surface area contributed by atoms with Gasteiger partial charge >= 0.3 is 25.9 Å². The lowest BCUT2D eigenvalue weighted by molar-refractivity contribution is -0.151. The zero-order valence-corrected chi connectivity index (χ0v) is 21.8. The lowest BCUT2D eigenvalue weighted by Crippen LogP contribution is -2.49. The molecule has 0 aliphatic carbocycles. The molecule has 0 saturated carbocycles. The van der Waals surface area contributed by atoms with Crippen LogP contribution >= 0.6 is 7.82 Å². The lowest BCUT2D eigenvalue weighted by Gasteiger charge is -2.29. The first-order chi connectivity index (χ1) is 16.6. The monoisotopic (exact) mass is 538 g/mol. The van der Waals surface area contributed by atoms with Crippen LogP contribution in [0.2, 0.25) is 0 Å². The molecule has 0 aliphatic rings. The van der Waals surface area contributed by atoms with E-state index in [9.17, 15) is 23.7 Å². The van der Waals surface area contributed by atoms with Crippen LogP contribution in [0.5, 0.6) is 0 Å². The van der Waals surface area contributed by atoms with Crippen molar-refractivity contribution in [2.24, 2.45) is 0 Å². The molecular formula is C21H35N2O12P. The first kappa shape index (κ1) is 33.2. The minimum absolute atomic E-state index is 0.00356. The van der Waals surface area contributed by atoms with Gasteiger partial charge in [-0.25, -0.2) is 18.9 Å². The number of carbonyl (C=O) groups excluding carboxylic acids is 4.